The topological polar surface area (TPSA) is 109 Å². The van der Waals surface area contributed by atoms with Crippen molar-refractivity contribution in [2.75, 3.05) is 16.0 Å². The Kier molecular flexibility index (Phi) is 5.56. The number of nitrogens with zero attached hydrogens (tertiary/aromatic N) is 4. The summed E-state index contributed by atoms with van der Waals surface area (Å²) in [6.45, 7) is 0.520. The maximum atomic E-state index is 13.1. The highest BCUT2D eigenvalue weighted by atomic mass is 19.4. The van der Waals surface area contributed by atoms with Crippen LogP contribution in [0.3, 0.4) is 0 Å². The van der Waals surface area contributed by atoms with Crippen molar-refractivity contribution in [3.63, 3.8) is 0 Å². The molecule has 0 atom stereocenters. The molecule has 0 fully saturated rings. The van der Waals surface area contributed by atoms with Crippen molar-refractivity contribution in [1.29, 1.82) is 0 Å². The highest BCUT2D eigenvalue weighted by molar-refractivity contribution is 6.02. The molecule has 5 aromatic rings. The molecule has 0 saturated heterocycles. The van der Waals surface area contributed by atoms with Gasteiger partial charge in [0.15, 0.2) is 23.0 Å². The number of benzene rings is 2. The second kappa shape index (κ2) is 9.07. The number of carbonyl (C=O) groups excluding carboxylic acids is 1. The normalized spacial score (nSPS) is 12.0. The second-order valence-electron chi connectivity index (χ2n) is 8.45. The second-order valence-corrected chi connectivity index (χ2v) is 8.45. The van der Waals surface area contributed by atoms with Crippen LogP contribution in [0.1, 0.15) is 11.1 Å². The van der Waals surface area contributed by atoms with E-state index in [1.165, 1.54) is 0 Å². The summed E-state index contributed by atoms with van der Waals surface area (Å²) in [5.41, 5.74) is 2.47. The quantitative estimate of drug-likeness (QED) is 0.228. The Balaban J connectivity index is 1.21. The van der Waals surface area contributed by atoms with Crippen molar-refractivity contribution in [3.05, 3.63) is 90.6 Å². The van der Waals surface area contributed by atoms with Gasteiger partial charge in [-0.05, 0) is 42.0 Å². The fraction of sp³-hybridized carbons (Fsp3) is 0.0769. The molecule has 0 radical (unpaired) electrons. The van der Waals surface area contributed by atoms with Gasteiger partial charge < -0.3 is 25.1 Å². The highest BCUT2D eigenvalue weighted by Crippen LogP contribution is 2.53. The van der Waals surface area contributed by atoms with E-state index in [0.717, 1.165) is 17.7 Å². The van der Waals surface area contributed by atoms with Gasteiger partial charge >= 0.3 is 12.2 Å². The molecule has 0 unspecified atom stereocenters. The van der Waals surface area contributed by atoms with Gasteiger partial charge in [-0.3, -0.25) is 4.98 Å². The summed E-state index contributed by atoms with van der Waals surface area (Å²) >= 11 is 0. The fourth-order valence-corrected chi connectivity index (χ4v) is 3.94. The van der Waals surface area contributed by atoms with Gasteiger partial charge in [-0.1, -0.05) is 12.1 Å². The lowest BCUT2D eigenvalue weighted by Gasteiger charge is -2.12. The molecule has 2 aromatic carbocycles. The minimum absolute atomic E-state index is 0.0550. The predicted molar refractivity (Wildman–Crippen MR) is 134 cm³/mol. The van der Waals surface area contributed by atoms with Gasteiger partial charge in [-0.15, -0.1) is 0 Å². The first-order chi connectivity index (χ1) is 18.3. The number of halogens is 3. The number of imidazole rings is 1. The number of amides is 2. The van der Waals surface area contributed by atoms with Crippen LogP contribution < -0.4 is 20.7 Å². The molecule has 1 aliphatic rings. The standard InChI is InChI=1S/C26H18F3N7O2/c27-26(28,29)17-11-19(22-21(12-17)38-22)35-25(37)33-18-3-1-2-16(10-18)20-14-36-9-8-31-24(36)23(34-20)32-13-15-4-6-30-7-5-15/h1-12,14H,13H2,(H,32,34)(H2,33,35,37). The predicted octanol–water partition coefficient (Wildman–Crippen LogP) is 6.17. The summed E-state index contributed by atoms with van der Waals surface area (Å²) in [5, 5.41) is 8.38. The zero-order chi connectivity index (χ0) is 26.3. The monoisotopic (exact) mass is 517 g/mol. The molecule has 6 rings (SSSR count). The number of alkyl halides is 3. The summed E-state index contributed by atoms with van der Waals surface area (Å²) in [7, 11) is 0. The van der Waals surface area contributed by atoms with Gasteiger partial charge in [0.25, 0.3) is 0 Å². The van der Waals surface area contributed by atoms with Crippen LogP contribution in [0.4, 0.5) is 35.2 Å². The van der Waals surface area contributed by atoms with Crippen molar-refractivity contribution < 1.29 is 22.7 Å². The van der Waals surface area contributed by atoms with Crippen molar-refractivity contribution >= 4 is 28.9 Å². The molecule has 9 nitrogen and oxygen atoms in total. The van der Waals surface area contributed by atoms with Gasteiger partial charge in [-0.25, -0.2) is 14.8 Å². The van der Waals surface area contributed by atoms with E-state index in [4.69, 9.17) is 9.72 Å². The molecule has 190 valence electrons. The Labute approximate surface area is 213 Å². The van der Waals surface area contributed by atoms with Crippen LogP contribution in [0.25, 0.3) is 16.9 Å². The number of urea groups is 1. The number of pyridine rings is 1. The van der Waals surface area contributed by atoms with Crippen molar-refractivity contribution in [1.82, 2.24) is 19.4 Å². The van der Waals surface area contributed by atoms with Gasteiger partial charge in [0, 0.05) is 48.8 Å². The van der Waals surface area contributed by atoms with E-state index in [0.29, 0.717) is 35.0 Å². The minimum atomic E-state index is -4.56. The maximum Gasteiger partial charge on any atom is 0.416 e. The summed E-state index contributed by atoms with van der Waals surface area (Å²) in [6, 6.07) is 11.8. The average molecular weight is 517 g/mol. The molecule has 0 aliphatic carbocycles. The van der Waals surface area contributed by atoms with Crippen molar-refractivity contribution in [2.24, 2.45) is 0 Å². The number of hydrogen-bond donors (Lipinski definition) is 3. The molecule has 12 heteroatoms. The number of anilines is 3. The first-order valence-corrected chi connectivity index (χ1v) is 11.4. The van der Waals surface area contributed by atoms with Crippen LogP contribution in [0, 0.1) is 0 Å². The molecule has 3 N–H and O–H groups in total. The largest absolute Gasteiger partial charge is 0.447 e. The molecule has 0 bridgehead atoms. The molecule has 1 aliphatic heterocycles. The average Bonchev–Trinajstić information content (AvgIpc) is 3.54. The van der Waals surface area contributed by atoms with Gasteiger partial charge in [0.1, 0.15) is 0 Å². The van der Waals surface area contributed by atoms with Crippen LogP contribution in [0.15, 0.2) is 79.5 Å². The Morgan fingerprint density at radius 2 is 1.87 bits per heavy atom. The molecular weight excluding hydrogens is 499 g/mol. The Morgan fingerprint density at radius 1 is 1.03 bits per heavy atom. The summed E-state index contributed by atoms with van der Waals surface area (Å²) in [5.74, 6) is 0.879. The molecule has 4 heterocycles. The highest BCUT2D eigenvalue weighted by Gasteiger charge is 2.37. The van der Waals surface area contributed by atoms with E-state index in [1.54, 1.807) is 43.0 Å². The smallest absolute Gasteiger partial charge is 0.416 e. The zero-order valence-electron chi connectivity index (χ0n) is 19.5. The van der Waals surface area contributed by atoms with Crippen molar-refractivity contribution in [3.8, 4) is 22.8 Å². The number of fused-ring (bicyclic) bond motifs is 2. The minimum Gasteiger partial charge on any atom is -0.447 e. The van der Waals surface area contributed by atoms with Gasteiger partial charge in [0.05, 0.1) is 16.9 Å². The van der Waals surface area contributed by atoms with Crippen LogP contribution in [0.2, 0.25) is 0 Å². The van der Waals surface area contributed by atoms with Crippen molar-refractivity contribution in [2.45, 2.75) is 12.7 Å². The Hall–Kier alpha value is -5.13. The molecule has 0 saturated carbocycles. The lowest BCUT2D eigenvalue weighted by atomic mass is 10.1. The third kappa shape index (κ3) is 4.78. The van der Waals surface area contributed by atoms with E-state index < -0.39 is 17.8 Å². The lowest BCUT2D eigenvalue weighted by Crippen LogP contribution is -2.19. The fourth-order valence-electron chi connectivity index (χ4n) is 3.94. The number of nitrogens with one attached hydrogen (secondary N) is 3. The molecule has 38 heavy (non-hydrogen) atoms. The third-order valence-electron chi connectivity index (χ3n) is 5.80. The zero-order valence-corrected chi connectivity index (χ0v) is 19.5. The lowest BCUT2D eigenvalue weighted by molar-refractivity contribution is -0.137. The van der Waals surface area contributed by atoms with E-state index in [2.05, 4.69) is 25.9 Å². The van der Waals surface area contributed by atoms with Crippen LogP contribution in [0.5, 0.6) is 11.5 Å². The van der Waals surface area contributed by atoms with Gasteiger partial charge in [-0.2, -0.15) is 13.2 Å². The number of rotatable bonds is 6. The van der Waals surface area contributed by atoms with Crippen LogP contribution in [-0.2, 0) is 12.7 Å². The number of aromatic nitrogens is 4. The number of ether oxygens (including phenoxy) is 1. The Bertz CT molecular complexity index is 1670. The summed E-state index contributed by atoms with van der Waals surface area (Å²) in [6.07, 6.45) is 4.16. The maximum absolute atomic E-state index is 13.1. The molecule has 3 aromatic heterocycles. The first kappa shape index (κ1) is 23.3. The summed E-state index contributed by atoms with van der Waals surface area (Å²) < 4.78 is 46.2. The molecule has 2 amide bonds. The number of hydrogen-bond acceptors (Lipinski definition) is 6. The van der Waals surface area contributed by atoms with Crippen LogP contribution >= 0.6 is 0 Å². The Morgan fingerprint density at radius 3 is 2.68 bits per heavy atom. The molecule has 0 spiro atoms. The van der Waals surface area contributed by atoms with E-state index >= 15 is 0 Å². The van der Waals surface area contributed by atoms with E-state index in [9.17, 15) is 18.0 Å². The summed E-state index contributed by atoms with van der Waals surface area (Å²) in [4.78, 5) is 25.7. The first-order valence-electron chi connectivity index (χ1n) is 11.4. The van der Waals surface area contributed by atoms with Gasteiger partial charge in [0.2, 0.25) is 0 Å². The van der Waals surface area contributed by atoms with Crippen LogP contribution in [-0.4, -0.2) is 25.4 Å². The van der Waals surface area contributed by atoms with E-state index in [1.807, 2.05) is 28.8 Å². The van der Waals surface area contributed by atoms with E-state index in [-0.39, 0.29) is 17.2 Å². The SMILES string of the molecule is O=C(Nc1cccc(-c2cn3ccnc3c(NCc3ccncc3)n2)c1)Nc1cc(C(F)(F)F)cc2c1O2. The number of carbonyl (C=O) groups is 1. The molecular formula is C26H18F3N7O2. The third-order valence-corrected chi connectivity index (χ3v) is 5.80.